The maximum atomic E-state index is 12.8. The molecule has 1 aromatic carbocycles. The van der Waals surface area contributed by atoms with Gasteiger partial charge in [0.25, 0.3) is 5.91 Å². The number of amides is 3. The molecule has 0 saturated heterocycles. The predicted octanol–water partition coefficient (Wildman–Crippen LogP) is 2.85. The summed E-state index contributed by atoms with van der Waals surface area (Å²) in [6.07, 6.45) is 5.52. The quantitative estimate of drug-likeness (QED) is 0.666. The minimum absolute atomic E-state index is 0.0542. The van der Waals surface area contributed by atoms with E-state index < -0.39 is 0 Å². The van der Waals surface area contributed by atoms with Gasteiger partial charge in [0, 0.05) is 29.4 Å². The summed E-state index contributed by atoms with van der Waals surface area (Å²) in [6.45, 7) is 3.80. The van der Waals surface area contributed by atoms with Gasteiger partial charge < -0.3 is 21.7 Å². The third kappa shape index (κ3) is 4.55. The first-order valence-electron chi connectivity index (χ1n) is 9.66. The lowest BCUT2D eigenvalue weighted by Gasteiger charge is -2.45. The van der Waals surface area contributed by atoms with Crippen molar-refractivity contribution in [1.29, 1.82) is 0 Å². The van der Waals surface area contributed by atoms with E-state index in [1.807, 2.05) is 13.8 Å². The summed E-state index contributed by atoms with van der Waals surface area (Å²) in [6, 6.07) is 7.35. The molecule has 3 rings (SSSR count). The average Bonchev–Trinajstić information content (AvgIpc) is 2.55. The summed E-state index contributed by atoms with van der Waals surface area (Å²) in [4.78, 5) is 24.6. The standard InChI is InChI=1S/C20H30N4O2/c1-12(2)22-20(26)23-17-8-4-7-15(11-17)19(25)24-18-13-5-3-6-14(18)10-16(21)9-13/h4,7-8,11-14,16,18H,3,5-6,9-10,21H2,1-2H3,(H,24,25)(H2,22,23,26). The molecular weight excluding hydrogens is 328 g/mol. The zero-order valence-electron chi connectivity index (χ0n) is 15.6. The van der Waals surface area contributed by atoms with Gasteiger partial charge in [0.15, 0.2) is 0 Å². The van der Waals surface area contributed by atoms with Crippen LogP contribution in [-0.4, -0.2) is 30.1 Å². The summed E-state index contributed by atoms with van der Waals surface area (Å²) in [5.74, 6) is 0.898. The van der Waals surface area contributed by atoms with Crippen molar-refractivity contribution in [3.8, 4) is 0 Å². The first-order chi connectivity index (χ1) is 12.4. The maximum absolute atomic E-state index is 12.8. The Morgan fingerprint density at radius 3 is 2.50 bits per heavy atom. The molecule has 26 heavy (non-hydrogen) atoms. The Labute approximate surface area is 155 Å². The Balaban J connectivity index is 1.65. The Kier molecular flexibility index (Phi) is 5.81. The normalized spacial score (nSPS) is 27.7. The lowest BCUT2D eigenvalue weighted by atomic mass is 9.67. The zero-order valence-corrected chi connectivity index (χ0v) is 15.6. The van der Waals surface area contributed by atoms with Crippen LogP contribution in [0.4, 0.5) is 10.5 Å². The van der Waals surface area contributed by atoms with Gasteiger partial charge in [0.1, 0.15) is 0 Å². The Morgan fingerprint density at radius 2 is 1.85 bits per heavy atom. The van der Waals surface area contributed by atoms with Gasteiger partial charge in [-0.1, -0.05) is 12.5 Å². The van der Waals surface area contributed by atoms with Crippen molar-refractivity contribution in [2.75, 3.05) is 5.32 Å². The molecule has 0 aromatic heterocycles. The summed E-state index contributed by atoms with van der Waals surface area (Å²) in [5, 5.41) is 8.79. The molecule has 0 heterocycles. The van der Waals surface area contributed by atoms with E-state index in [1.165, 1.54) is 6.42 Å². The molecule has 6 nitrogen and oxygen atoms in total. The maximum Gasteiger partial charge on any atom is 0.319 e. The van der Waals surface area contributed by atoms with Crippen LogP contribution < -0.4 is 21.7 Å². The summed E-state index contributed by atoms with van der Waals surface area (Å²) >= 11 is 0. The molecule has 0 aliphatic heterocycles. The van der Waals surface area contributed by atoms with Crippen LogP contribution in [0, 0.1) is 11.8 Å². The number of fused-ring (bicyclic) bond motifs is 2. The number of nitrogens with two attached hydrogens (primary N) is 1. The van der Waals surface area contributed by atoms with Gasteiger partial charge in [-0.3, -0.25) is 4.79 Å². The van der Waals surface area contributed by atoms with Gasteiger partial charge in [-0.05, 0) is 69.6 Å². The summed E-state index contributed by atoms with van der Waals surface area (Å²) in [7, 11) is 0. The molecular formula is C20H30N4O2. The smallest absolute Gasteiger partial charge is 0.319 e. The molecule has 2 saturated carbocycles. The van der Waals surface area contributed by atoms with Gasteiger partial charge in [0.05, 0.1) is 0 Å². The van der Waals surface area contributed by atoms with Crippen LogP contribution in [0.5, 0.6) is 0 Å². The second-order valence-corrected chi connectivity index (χ2v) is 8.02. The van der Waals surface area contributed by atoms with Crippen molar-refractivity contribution < 1.29 is 9.59 Å². The SMILES string of the molecule is CC(C)NC(=O)Nc1cccc(C(=O)NC2C3CCCC2CC(N)C3)c1. The molecule has 0 spiro atoms. The van der Waals surface area contributed by atoms with Gasteiger partial charge >= 0.3 is 6.03 Å². The molecule has 2 atom stereocenters. The van der Waals surface area contributed by atoms with E-state index in [-0.39, 0.29) is 30.1 Å². The molecule has 2 bridgehead atoms. The number of anilines is 1. The second-order valence-electron chi connectivity index (χ2n) is 8.02. The minimum Gasteiger partial charge on any atom is -0.349 e. The molecule has 0 radical (unpaired) electrons. The number of urea groups is 1. The van der Waals surface area contributed by atoms with Crippen molar-refractivity contribution in [2.45, 2.75) is 64.1 Å². The van der Waals surface area contributed by atoms with E-state index >= 15 is 0 Å². The van der Waals surface area contributed by atoms with E-state index in [1.54, 1.807) is 24.3 Å². The van der Waals surface area contributed by atoms with E-state index in [2.05, 4.69) is 16.0 Å². The van der Waals surface area contributed by atoms with Crippen molar-refractivity contribution in [1.82, 2.24) is 10.6 Å². The van der Waals surface area contributed by atoms with Crippen LogP contribution >= 0.6 is 0 Å². The largest absolute Gasteiger partial charge is 0.349 e. The molecule has 2 fully saturated rings. The Hall–Kier alpha value is -2.08. The van der Waals surface area contributed by atoms with E-state index in [0.717, 1.165) is 25.7 Å². The number of carbonyl (C=O) groups is 2. The van der Waals surface area contributed by atoms with Crippen LogP contribution in [0.3, 0.4) is 0 Å². The summed E-state index contributed by atoms with van der Waals surface area (Å²) < 4.78 is 0. The second kappa shape index (κ2) is 8.08. The fourth-order valence-electron chi connectivity index (χ4n) is 4.43. The summed E-state index contributed by atoms with van der Waals surface area (Å²) in [5.41, 5.74) is 7.35. The van der Waals surface area contributed by atoms with Crippen molar-refractivity contribution >= 4 is 17.6 Å². The molecule has 5 N–H and O–H groups in total. The molecule has 2 aliphatic rings. The highest BCUT2D eigenvalue weighted by atomic mass is 16.2. The predicted molar refractivity (Wildman–Crippen MR) is 103 cm³/mol. The van der Waals surface area contributed by atoms with E-state index in [9.17, 15) is 9.59 Å². The first-order valence-corrected chi connectivity index (χ1v) is 9.66. The van der Waals surface area contributed by atoms with Gasteiger partial charge in [-0.25, -0.2) is 4.79 Å². The van der Waals surface area contributed by atoms with E-state index in [0.29, 0.717) is 23.1 Å². The fourth-order valence-corrected chi connectivity index (χ4v) is 4.43. The van der Waals surface area contributed by atoms with Crippen LogP contribution in [0.1, 0.15) is 56.3 Å². The highest BCUT2D eigenvalue weighted by Crippen LogP contribution is 2.39. The Morgan fingerprint density at radius 1 is 1.15 bits per heavy atom. The lowest BCUT2D eigenvalue weighted by Crippen LogP contribution is -2.53. The number of benzene rings is 1. The third-order valence-corrected chi connectivity index (χ3v) is 5.48. The number of nitrogens with one attached hydrogen (secondary N) is 3. The van der Waals surface area contributed by atoms with Gasteiger partial charge in [-0.15, -0.1) is 0 Å². The highest BCUT2D eigenvalue weighted by molar-refractivity contribution is 5.97. The molecule has 2 aliphatic carbocycles. The number of carbonyl (C=O) groups excluding carboxylic acids is 2. The van der Waals surface area contributed by atoms with Crippen LogP contribution in [0.15, 0.2) is 24.3 Å². The molecule has 142 valence electrons. The fraction of sp³-hybridized carbons (Fsp3) is 0.600. The number of hydrogen-bond donors (Lipinski definition) is 4. The third-order valence-electron chi connectivity index (χ3n) is 5.48. The minimum atomic E-state index is -0.270. The average molecular weight is 358 g/mol. The highest BCUT2D eigenvalue weighted by Gasteiger charge is 2.39. The monoisotopic (exact) mass is 358 g/mol. The van der Waals surface area contributed by atoms with Gasteiger partial charge in [0.2, 0.25) is 0 Å². The van der Waals surface area contributed by atoms with Gasteiger partial charge in [-0.2, -0.15) is 0 Å². The zero-order chi connectivity index (χ0) is 18.7. The van der Waals surface area contributed by atoms with Crippen molar-refractivity contribution in [2.24, 2.45) is 17.6 Å². The van der Waals surface area contributed by atoms with E-state index in [4.69, 9.17) is 5.73 Å². The first kappa shape index (κ1) is 18.7. The van der Waals surface area contributed by atoms with Crippen molar-refractivity contribution in [3.63, 3.8) is 0 Å². The molecule has 6 heteroatoms. The van der Waals surface area contributed by atoms with Crippen LogP contribution in [-0.2, 0) is 0 Å². The number of rotatable bonds is 4. The topological polar surface area (TPSA) is 96.2 Å². The molecule has 1 aromatic rings. The van der Waals surface area contributed by atoms with Crippen molar-refractivity contribution in [3.05, 3.63) is 29.8 Å². The Bertz CT molecular complexity index is 647. The van der Waals surface area contributed by atoms with Crippen LogP contribution in [0.2, 0.25) is 0 Å². The molecule has 2 unspecified atom stereocenters. The molecule has 3 amide bonds. The van der Waals surface area contributed by atoms with Crippen LogP contribution in [0.25, 0.3) is 0 Å². The lowest BCUT2D eigenvalue weighted by molar-refractivity contribution is 0.0756. The number of hydrogen-bond acceptors (Lipinski definition) is 3.